The molecule has 1 unspecified atom stereocenters. The van der Waals surface area contributed by atoms with Gasteiger partial charge in [-0.3, -0.25) is 9.59 Å². The van der Waals surface area contributed by atoms with Crippen LogP contribution in [-0.4, -0.2) is 53.9 Å². The third-order valence-electron chi connectivity index (χ3n) is 6.70. The summed E-state index contributed by atoms with van der Waals surface area (Å²) in [6, 6.07) is 21.7. The fraction of sp³-hybridized carbons (Fsp3) is 0.303. The maximum absolute atomic E-state index is 13.7. The first-order valence-electron chi connectivity index (χ1n) is 13.9. The number of methoxy groups -OCH3 is 1. The second-order valence-corrected chi connectivity index (χ2v) is 12.1. The molecule has 0 radical (unpaired) electrons. The van der Waals surface area contributed by atoms with Crippen LogP contribution >= 0.6 is 11.8 Å². The van der Waals surface area contributed by atoms with E-state index >= 15 is 0 Å². The molecule has 1 aromatic heterocycles. The van der Waals surface area contributed by atoms with Crippen LogP contribution < -0.4 is 15.0 Å². The van der Waals surface area contributed by atoms with Crippen molar-refractivity contribution in [2.24, 2.45) is 0 Å². The Kier molecular flexibility index (Phi) is 10.0. The standard InChI is InChI=1S/C33H37N3O6S/c1-33(2,3)42-32(40)35-28(31(39)36(4)23-13-15-24(41-5)16-14-23)18-21-9-8-10-22(17-21)20-43-30-26(19-29(37)38)25-11-6-7-12-27(25)34-30/h6-17,28,34H,18-20H2,1-5H3,(H,35,40)(H,37,38). The summed E-state index contributed by atoms with van der Waals surface area (Å²) >= 11 is 1.53. The van der Waals surface area contributed by atoms with Crippen molar-refractivity contribution in [2.45, 2.75) is 56.0 Å². The first kappa shape index (κ1) is 31.5. The van der Waals surface area contributed by atoms with Crippen LogP contribution in [0.1, 0.15) is 37.5 Å². The van der Waals surface area contributed by atoms with E-state index in [2.05, 4.69) is 10.3 Å². The van der Waals surface area contributed by atoms with Crippen molar-refractivity contribution in [1.82, 2.24) is 10.3 Å². The van der Waals surface area contributed by atoms with Crippen LogP contribution in [0.2, 0.25) is 0 Å². The van der Waals surface area contributed by atoms with Gasteiger partial charge in [-0.15, -0.1) is 11.8 Å². The number of carboxylic acid groups (broad SMARTS) is 1. The molecule has 4 rings (SSSR count). The third-order valence-corrected chi connectivity index (χ3v) is 7.81. The first-order chi connectivity index (χ1) is 20.4. The fourth-order valence-corrected chi connectivity index (χ4v) is 5.71. The molecule has 226 valence electrons. The molecule has 0 saturated carbocycles. The number of H-pyrrole nitrogens is 1. The number of hydrogen-bond acceptors (Lipinski definition) is 6. The van der Waals surface area contributed by atoms with Crippen LogP contribution in [0.4, 0.5) is 10.5 Å². The topological polar surface area (TPSA) is 121 Å². The van der Waals surface area contributed by atoms with Crippen molar-refractivity contribution in [3.05, 3.63) is 89.5 Å². The lowest BCUT2D eigenvalue weighted by Crippen LogP contribution is -2.50. The number of alkyl carbamates (subject to hydrolysis) is 1. The van der Waals surface area contributed by atoms with Crippen molar-refractivity contribution in [3.63, 3.8) is 0 Å². The number of nitrogens with zero attached hydrogens (tertiary/aromatic N) is 1. The lowest BCUT2D eigenvalue weighted by molar-refractivity contribution is -0.136. The molecule has 0 aliphatic heterocycles. The SMILES string of the molecule is COc1ccc(N(C)C(=O)C(Cc2cccc(CSc3[nH]c4ccccc4c3CC(=O)O)c2)NC(=O)OC(C)(C)C)cc1. The summed E-state index contributed by atoms with van der Waals surface area (Å²) in [5.41, 5.74) is 3.44. The molecule has 43 heavy (non-hydrogen) atoms. The monoisotopic (exact) mass is 603 g/mol. The lowest BCUT2D eigenvalue weighted by Gasteiger charge is -2.27. The highest BCUT2D eigenvalue weighted by Crippen LogP contribution is 2.32. The molecule has 0 fully saturated rings. The number of rotatable bonds is 11. The van der Waals surface area contributed by atoms with E-state index in [1.807, 2.05) is 48.5 Å². The van der Waals surface area contributed by atoms with Gasteiger partial charge in [0.1, 0.15) is 17.4 Å². The number of carbonyl (C=O) groups excluding carboxylic acids is 2. The largest absolute Gasteiger partial charge is 0.497 e. The van der Waals surface area contributed by atoms with Gasteiger partial charge < -0.3 is 29.8 Å². The Labute approximate surface area is 255 Å². The number of thioether (sulfide) groups is 1. The summed E-state index contributed by atoms with van der Waals surface area (Å²) in [6.07, 6.45) is -0.507. The highest BCUT2D eigenvalue weighted by Gasteiger charge is 2.28. The van der Waals surface area contributed by atoms with E-state index in [4.69, 9.17) is 9.47 Å². The molecule has 2 amide bonds. The number of fused-ring (bicyclic) bond motifs is 1. The molecule has 0 spiro atoms. The number of carbonyl (C=O) groups is 3. The van der Waals surface area contributed by atoms with Crippen LogP contribution in [0.5, 0.6) is 5.75 Å². The van der Waals surface area contributed by atoms with Gasteiger partial charge in [-0.05, 0) is 62.2 Å². The highest BCUT2D eigenvalue weighted by molar-refractivity contribution is 7.98. The van der Waals surface area contributed by atoms with Crippen molar-refractivity contribution < 1.29 is 29.0 Å². The zero-order valence-corrected chi connectivity index (χ0v) is 25.8. The number of nitrogens with one attached hydrogen (secondary N) is 2. The molecule has 3 aromatic carbocycles. The van der Waals surface area contributed by atoms with Gasteiger partial charge >= 0.3 is 12.1 Å². The van der Waals surface area contributed by atoms with Gasteiger partial charge in [-0.25, -0.2) is 4.79 Å². The Morgan fingerprint density at radius 2 is 1.70 bits per heavy atom. The minimum atomic E-state index is -0.888. The molecular weight excluding hydrogens is 566 g/mol. The molecule has 3 N–H and O–H groups in total. The summed E-state index contributed by atoms with van der Waals surface area (Å²) in [5, 5.41) is 14.0. The maximum atomic E-state index is 13.7. The molecule has 0 saturated heterocycles. The highest BCUT2D eigenvalue weighted by atomic mass is 32.2. The number of aliphatic carboxylic acids is 1. The van der Waals surface area contributed by atoms with Crippen LogP contribution in [0.25, 0.3) is 10.9 Å². The molecule has 1 atom stereocenters. The van der Waals surface area contributed by atoms with Gasteiger partial charge in [0.05, 0.1) is 18.6 Å². The molecule has 0 aliphatic rings. The van der Waals surface area contributed by atoms with E-state index in [1.165, 1.54) is 16.7 Å². The second-order valence-electron chi connectivity index (χ2n) is 11.2. The number of likely N-dealkylation sites (N-methyl/N-ethyl adjacent to an activating group) is 1. The van der Waals surface area contributed by atoms with Crippen LogP contribution in [0, 0.1) is 0 Å². The molecule has 1 heterocycles. The zero-order chi connectivity index (χ0) is 31.1. The minimum absolute atomic E-state index is 0.0752. The number of hydrogen-bond donors (Lipinski definition) is 3. The number of anilines is 1. The predicted molar refractivity (Wildman–Crippen MR) is 169 cm³/mol. The van der Waals surface area contributed by atoms with E-state index in [0.29, 0.717) is 17.2 Å². The summed E-state index contributed by atoms with van der Waals surface area (Å²) in [6.45, 7) is 5.30. The van der Waals surface area contributed by atoms with Gasteiger partial charge in [0, 0.05) is 41.4 Å². The van der Waals surface area contributed by atoms with Gasteiger partial charge in [0.25, 0.3) is 0 Å². The molecule has 4 aromatic rings. The normalized spacial score (nSPS) is 12.0. The van der Waals surface area contributed by atoms with Gasteiger partial charge in [-0.2, -0.15) is 0 Å². The fourth-order valence-electron chi connectivity index (χ4n) is 4.68. The number of aromatic amines is 1. The van der Waals surface area contributed by atoms with E-state index in [1.54, 1.807) is 59.2 Å². The Hall–Kier alpha value is -4.44. The maximum Gasteiger partial charge on any atom is 0.408 e. The Morgan fingerprint density at radius 3 is 2.37 bits per heavy atom. The van der Waals surface area contributed by atoms with Crippen LogP contribution in [0.15, 0.2) is 77.8 Å². The van der Waals surface area contributed by atoms with Gasteiger partial charge in [0.2, 0.25) is 5.91 Å². The molecule has 9 nitrogen and oxygen atoms in total. The lowest BCUT2D eigenvalue weighted by atomic mass is 10.0. The zero-order valence-electron chi connectivity index (χ0n) is 25.0. The number of para-hydroxylation sites is 1. The van der Waals surface area contributed by atoms with E-state index in [0.717, 1.165) is 32.6 Å². The molecule has 0 bridgehead atoms. The van der Waals surface area contributed by atoms with Gasteiger partial charge in [-0.1, -0.05) is 42.5 Å². The van der Waals surface area contributed by atoms with Crippen molar-refractivity contribution in [2.75, 3.05) is 19.1 Å². The third kappa shape index (κ3) is 8.54. The number of amides is 2. The van der Waals surface area contributed by atoms with E-state index < -0.39 is 23.7 Å². The summed E-state index contributed by atoms with van der Waals surface area (Å²) < 4.78 is 10.7. The van der Waals surface area contributed by atoms with Crippen molar-refractivity contribution in [3.8, 4) is 5.75 Å². The smallest absolute Gasteiger partial charge is 0.408 e. The Morgan fingerprint density at radius 1 is 1.00 bits per heavy atom. The minimum Gasteiger partial charge on any atom is -0.497 e. The molecular formula is C33H37N3O6S. The first-order valence-corrected chi connectivity index (χ1v) is 14.8. The van der Waals surface area contributed by atoms with Crippen LogP contribution in [-0.2, 0) is 32.9 Å². The van der Waals surface area contributed by atoms with Crippen molar-refractivity contribution >= 4 is 46.3 Å². The number of benzene rings is 3. The Bertz CT molecular complexity index is 1590. The Balaban J connectivity index is 1.53. The average Bonchev–Trinajstić information content (AvgIpc) is 3.30. The predicted octanol–water partition coefficient (Wildman–Crippen LogP) is 6.19. The van der Waals surface area contributed by atoms with Crippen molar-refractivity contribution in [1.29, 1.82) is 0 Å². The average molecular weight is 604 g/mol. The number of carboxylic acids is 1. The summed E-state index contributed by atoms with van der Waals surface area (Å²) in [5.74, 6) is 0.0655. The quantitative estimate of drug-likeness (QED) is 0.175. The van der Waals surface area contributed by atoms with Gasteiger partial charge in [0.15, 0.2) is 0 Å². The van der Waals surface area contributed by atoms with E-state index in [-0.39, 0.29) is 18.7 Å². The summed E-state index contributed by atoms with van der Waals surface area (Å²) in [4.78, 5) is 42.8. The van der Waals surface area contributed by atoms with Crippen LogP contribution in [0.3, 0.4) is 0 Å². The molecule has 0 aliphatic carbocycles. The molecule has 10 heteroatoms. The summed E-state index contributed by atoms with van der Waals surface area (Å²) in [7, 11) is 3.24. The number of ether oxygens (including phenoxy) is 2. The second kappa shape index (κ2) is 13.7. The van der Waals surface area contributed by atoms with E-state index in [9.17, 15) is 19.5 Å². The number of aromatic nitrogens is 1.